The molecule has 124 valence electrons. The van der Waals surface area contributed by atoms with Gasteiger partial charge in [-0.25, -0.2) is 0 Å². The lowest BCUT2D eigenvalue weighted by Crippen LogP contribution is -2.51. The first-order valence-electron chi connectivity index (χ1n) is 8.46. The van der Waals surface area contributed by atoms with Crippen molar-refractivity contribution in [3.05, 3.63) is 29.8 Å². The minimum Gasteiger partial charge on any atom is -0.345 e. The van der Waals surface area contributed by atoms with Crippen LogP contribution in [0.2, 0.25) is 0 Å². The van der Waals surface area contributed by atoms with E-state index in [-0.39, 0.29) is 23.3 Å². The lowest BCUT2D eigenvalue weighted by Gasteiger charge is -2.28. The van der Waals surface area contributed by atoms with Crippen molar-refractivity contribution in [3.8, 4) is 0 Å². The van der Waals surface area contributed by atoms with Gasteiger partial charge in [0, 0.05) is 23.7 Å². The summed E-state index contributed by atoms with van der Waals surface area (Å²) < 4.78 is 0. The van der Waals surface area contributed by atoms with Crippen LogP contribution in [0.3, 0.4) is 0 Å². The van der Waals surface area contributed by atoms with Gasteiger partial charge in [0.15, 0.2) is 0 Å². The molecule has 5 nitrogen and oxygen atoms in total. The number of carbonyl (C=O) groups is 2. The van der Waals surface area contributed by atoms with Gasteiger partial charge in [0.25, 0.3) is 5.91 Å². The molecule has 2 aliphatic carbocycles. The Bertz CT molecular complexity index is 591. The third kappa shape index (κ3) is 3.55. The van der Waals surface area contributed by atoms with Crippen molar-refractivity contribution in [2.45, 2.75) is 44.6 Å². The second kappa shape index (κ2) is 6.32. The Morgan fingerprint density at radius 2 is 1.83 bits per heavy atom. The average Bonchev–Trinajstić information content (AvgIpc) is 3.10. The number of carbonyl (C=O) groups excluding carboxylic acids is 2. The molecule has 2 amide bonds. The van der Waals surface area contributed by atoms with Gasteiger partial charge in [-0.15, -0.1) is 0 Å². The lowest BCUT2D eigenvalue weighted by atomic mass is 9.97. The van der Waals surface area contributed by atoms with Gasteiger partial charge < -0.3 is 16.4 Å². The van der Waals surface area contributed by atoms with Crippen molar-refractivity contribution in [2.75, 3.05) is 11.9 Å². The molecule has 0 aromatic heterocycles. The van der Waals surface area contributed by atoms with E-state index in [4.69, 9.17) is 5.73 Å². The number of amides is 2. The number of benzene rings is 1. The van der Waals surface area contributed by atoms with Gasteiger partial charge in [-0.3, -0.25) is 9.59 Å². The zero-order valence-electron chi connectivity index (χ0n) is 13.6. The standard InChI is InChI=1S/C18H25N3O2/c1-12-10-15(12)17(23)20-14-6-4-13(5-7-14)16(22)21-18(11-19)8-2-3-9-18/h4-7,12,15H,2-3,8-11,19H2,1H3,(H,20,23)(H,21,22). The Kier molecular flexibility index (Phi) is 4.39. The fourth-order valence-electron chi connectivity index (χ4n) is 3.37. The molecule has 3 rings (SSSR count). The first-order valence-corrected chi connectivity index (χ1v) is 8.46. The van der Waals surface area contributed by atoms with Crippen LogP contribution in [0.1, 0.15) is 49.4 Å². The Balaban J connectivity index is 1.60. The number of nitrogens with one attached hydrogen (secondary N) is 2. The van der Waals surface area contributed by atoms with Crippen LogP contribution < -0.4 is 16.4 Å². The van der Waals surface area contributed by atoms with Gasteiger partial charge in [0.1, 0.15) is 0 Å². The van der Waals surface area contributed by atoms with Gasteiger partial charge in [-0.05, 0) is 49.4 Å². The molecule has 1 aromatic carbocycles. The number of hydrogen-bond donors (Lipinski definition) is 3. The van der Waals surface area contributed by atoms with E-state index in [1.165, 1.54) is 0 Å². The fourth-order valence-corrected chi connectivity index (χ4v) is 3.37. The Labute approximate surface area is 137 Å². The molecule has 0 spiro atoms. The molecular weight excluding hydrogens is 290 g/mol. The maximum atomic E-state index is 12.4. The Morgan fingerprint density at radius 3 is 2.35 bits per heavy atom. The van der Waals surface area contributed by atoms with E-state index < -0.39 is 0 Å². The largest absolute Gasteiger partial charge is 0.345 e. The van der Waals surface area contributed by atoms with E-state index in [0.29, 0.717) is 18.0 Å². The first-order chi connectivity index (χ1) is 11.0. The Hall–Kier alpha value is -1.88. The SMILES string of the molecule is CC1CC1C(=O)Nc1ccc(C(=O)NC2(CN)CCCC2)cc1. The zero-order chi connectivity index (χ0) is 16.4. The van der Waals surface area contributed by atoms with Crippen LogP contribution in [-0.2, 0) is 4.79 Å². The second-order valence-electron chi connectivity index (χ2n) is 7.03. The quantitative estimate of drug-likeness (QED) is 0.779. The number of rotatable bonds is 5. The van der Waals surface area contributed by atoms with Crippen LogP contribution in [0, 0.1) is 11.8 Å². The maximum absolute atomic E-state index is 12.4. The minimum atomic E-state index is -0.244. The first kappa shape index (κ1) is 16.0. The predicted octanol–water partition coefficient (Wildman–Crippen LogP) is 2.28. The summed E-state index contributed by atoms with van der Waals surface area (Å²) in [4.78, 5) is 24.3. The van der Waals surface area contributed by atoms with E-state index in [9.17, 15) is 9.59 Å². The summed E-state index contributed by atoms with van der Waals surface area (Å²) in [6, 6.07) is 7.06. The van der Waals surface area contributed by atoms with Crippen molar-refractivity contribution in [1.82, 2.24) is 5.32 Å². The third-order valence-electron chi connectivity index (χ3n) is 5.19. The molecule has 0 bridgehead atoms. The summed E-state index contributed by atoms with van der Waals surface area (Å²) in [5, 5.41) is 6.00. The molecule has 1 aromatic rings. The van der Waals surface area contributed by atoms with Gasteiger partial charge in [0.05, 0.1) is 5.54 Å². The molecule has 0 saturated heterocycles. The van der Waals surface area contributed by atoms with Crippen molar-refractivity contribution in [3.63, 3.8) is 0 Å². The topological polar surface area (TPSA) is 84.2 Å². The summed E-state index contributed by atoms with van der Waals surface area (Å²) >= 11 is 0. The smallest absolute Gasteiger partial charge is 0.251 e. The van der Waals surface area contributed by atoms with Crippen molar-refractivity contribution in [2.24, 2.45) is 17.6 Å². The normalized spacial score (nSPS) is 25.0. The van der Waals surface area contributed by atoms with Gasteiger partial charge in [0.2, 0.25) is 5.91 Å². The molecule has 2 atom stereocenters. The highest BCUT2D eigenvalue weighted by Crippen LogP contribution is 2.38. The predicted molar refractivity (Wildman–Crippen MR) is 90.1 cm³/mol. The Morgan fingerprint density at radius 1 is 1.22 bits per heavy atom. The van der Waals surface area contributed by atoms with Crippen LogP contribution >= 0.6 is 0 Å². The van der Waals surface area contributed by atoms with E-state index >= 15 is 0 Å². The zero-order valence-corrected chi connectivity index (χ0v) is 13.6. The van der Waals surface area contributed by atoms with Gasteiger partial charge in [-0.1, -0.05) is 19.8 Å². The lowest BCUT2D eigenvalue weighted by molar-refractivity contribution is -0.117. The van der Waals surface area contributed by atoms with Gasteiger partial charge in [-0.2, -0.15) is 0 Å². The molecule has 2 fully saturated rings. The highest BCUT2D eigenvalue weighted by Gasteiger charge is 2.39. The monoisotopic (exact) mass is 315 g/mol. The number of anilines is 1. The molecule has 0 radical (unpaired) electrons. The molecule has 4 N–H and O–H groups in total. The molecular formula is C18H25N3O2. The van der Waals surface area contributed by atoms with Crippen molar-refractivity contribution in [1.29, 1.82) is 0 Å². The molecule has 2 saturated carbocycles. The fraction of sp³-hybridized carbons (Fsp3) is 0.556. The number of nitrogens with two attached hydrogens (primary N) is 1. The van der Waals surface area contributed by atoms with E-state index in [1.807, 2.05) is 0 Å². The highest BCUT2D eigenvalue weighted by molar-refractivity contribution is 5.97. The van der Waals surface area contributed by atoms with Gasteiger partial charge >= 0.3 is 0 Å². The van der Waals surface area contributed by atoms with Crippen LogP contribution in [0.25, 0.3) is 0 Å². The van der Waals surface area contributed by atoms with E-state index in [0.717, 1.165) is 37.8 Å². The average molecular weight is 315 g/mol. The summed E-state index contributed by atoms with van der Waals surface area (Å²) in [6.07, 6.45) is 5.09. The molecule has 0 heterocycles. The maximum Gasteiger partial charge on any atom is 0.251 e. The van der Waals surface area contributed by atoms with Crippen molar-refractivity contribution >= 4 is 17.5 Å². The van der Waals surface area contributed by atoms with E-state index in [2.05, 4.69) is 17.6 Å². The molecule has 23 heavy (non-hydrogen) atoms. The number of hydrogen-bond acceptors (Lipinski definition) is 3. The van der Waals surface area contributed by atoms with Crippen LogP contribution in [-0.4, -0.2) is 23.9 Å². The highest BCUT2D eigenvalue weighted by atomic mass is 16.2. The van der Waals surface area contributed by atoms with Crippen LogP contribution in [0.4, 0.5) is 5.69 Å². The molecule has 0 aliphatic heterocycles. The molecule has 2 unspecified atom stereocenters. The molecule has 2 aliphatic rings. The van der Waals surface area contributed by atoms with E-state index in [1.54, 1.807) is 24.3 Å². The molecule has 5 heteroatoms. The van der Waals surface area contributed by atoms with Crippen LogP contribution in [0.5, 0.6) is 0 Å². The third-order valence-corrected chi connectivity index (χ3v) is 5.19. The summed E-state index contributed by atoms with van der Waals surface area (Å²) in [7, 11) is 0. The minimum absolute atomic E-state index is 0.0720. The second-order valence-corrected chi connectivity index (χ2v) is 7.03. The van der Waals surface area contributed by atoms with Crippen molar-refractivity contribution < 1.29 is 9.59 Å². The summed E-state index contributed by atoms with van der Waals surface area (Å²) in [5.41, 5.74) is 6.95. The summed E-state index contributed by atoms with van der Waals surface area (Å²) in [5.74, 6) is 0.609. The summed E-state index contributed by atoms with van der Waals surface area (Å²) in [6.45, 7) is 2.56. The van der Waals surface area contributed by atoms with Crippen LogP contribution in [0.15, 0.2) is 24.3 Å².